The minimum absolute atomic E-state index is 0.00654. The molecule has 0 heterocycles. The Labute approximate surface area is 100 Å². The van der Waals surface area contributed by atoms with Crippen LogP contribution in [0.3, 0.4) is 0 Å². The first-order valence-corrected chi connectivity index (χ1v) is 5.68. The van der Waals surface area contributed by atoms with Crippen molar-refractivity contribution >= 4 is 0 Å². The van der Waals surface area contributed by atoms with E-state index in [1.54, 1.807) is 0 Å². The van der Waals surface area contributed by atoms with Crippen LogP contribution >= 0.6 is 0 Å². The molecule has 0 aliphatic carbocycles. The molecule has 0 aliphatic heterocycles. The number of rotatable bonds is 4. The van der Waals surface area contributed by atoms with E-state index in [2.05, 4.69) is 5.32 Å². The van der Waals surface area contributed by atoms with Crippen LogP contribution in [0.1, 0.15) is 32.8 Å². The first-order chi connectivity index (χ1) is 7.81. The highest BCUT2D eigenvalue weighted by Crippen LogP contribution is 2.16. The van der Waals surface area contributed by atoms with Gasteiger partial charge >= 0.3 is 0 Å². The van der Waals surface area contributed by atoms with Gasteiger partial charge in [0.05, 0.1) is 0 Å². The van der Waals surface area contributed by atoms with Crippen LogP contribution in [0, 0.1) is 17.5 Å². The molecule has 0 amide bonds. The van der Waals surface area contributed by atoms with Crippen molar-refractivity contribution < 1.29 is 13.2 Å². The molecule has 96 valence electrons. The van der Waals surface area contributed by atoms with Crippen LogP contribution in [-0.2, 0) is 6.42 Å². The maximum atomic E-state index is 13.3. The standard InChI is InChI=1S/C13H18F3N/c1-13(2,3)17-8-4-5-9-6-7-10(14)12(16)11(9)15/h6-7,17H,4-5,8H2,1-3H3. The van der Waals surface area contributed by atoms with E-state index >= 15 is 0 Å². The van der Waals surface area contributed by atoms with Gasteiger partial charge < -0.3 is 5.32 Å². The van der Waals surface area contributed by atoms with Crippen molar-refractivity contribution in [2.45, 2.75) is 39.2 Å². The van der Waals surface area contributed by atoms with Crippen LogP contribution in [0.2, 0.25) is 0 Å². The van der Waals surface area contributed by atoms with Gasteiger partial charge in [0.1, 0.15) is 0 Å². The molecule has 0 aromatic heterocycles. The summed E-state index contributed by atoms with van der Waals surface area (Å²) >= 11 is 0. The van der Waals surface area contributed by atoms with Gasteiger partial charge in [-0.3, -0.25) is 0 Å². The summed E-state index contributed by atoms with van der Waals surface area (Å²) < 4.78 is 38.9. The molecule has 1 aromatic rings. The van der Waals surface area contributed by atoms with Gasteiger partial charge in [0.15, 0.2) is 17.5 Å². The maximum Gasteiger partial charge on any atom is 0.194 e. The SMILES string of the molecule is CC(C)(C)NCCCc1ccc(F)c(F)c1F. The number of nitrogens with one attached hydrogen (secondary N) is 1. The van der Waals surface area contributed by atoms with Crippen molar-refractivity contribution in [2.75, 3.05) is 6.54 Å². The molecule has 1 rings (SSSR count). The van der Waals surface area contributed by atoms with E-state index in [-0.39, 0.29) is 11.1 Å². The van der Waals surface area contributed by atoms with Gasteiger partial charge in [-0.1, -0.05) is 6.07 Å². The summed E-state index contributed by atoms with van der Waals surface area (Å²) in [7, 11) is 0. The van der Waals surface area contributed by atoms with Crippen LogP contribution in [0.15, 0.2) is 12.1 Å². The van der Waals surface area contributed by atoms with Crippen LogP contribution in [0.5, 0.6) is 0 Å². The predicted molar refractivity (Wildman–Crippen MR) is 62.4 cm³/mol. The van der Waals surface area contributed by atoms with E-state index in [1.807, 2.05) is 20.8 Å². The van der Waals surface area contributed by atoms with Crippen LogP contribution < -0.4 is 5.32 Å². The van der Waals surface area contributed by atoms with Crippen molar-refractivity contribution in [1.29, 1.82) is 0 Å². The van der Waals surface area contributed by atoms with Crippen LogP contribution in [0.25, 0.3) is 0 Å². The van der Waals surface area contributed by atoms with Gasteiger partial charge in [-0.25, -0.2) is 13.2 Å². The Balaban J connectivity index is 2.51. The highest BCUT2D eigenvalue weighted by molar-refractivity contribution is 5.20. The highest BCUT2D eigenvalue weighted by atomic mass is 19.2. The van der Waals surface area contributed by atoms with Gasteiger partial charge in [-0.15, -0.1) is 0 Å². The Morgan fingerprint density at radius 2 is 1.71 bits per heavy atom. The Morgan fingerprint density at radius 3 is 2.29 bits per heavy atom. The molecule has 0 radical (unpaired) electrons. The maximum absolute atomic E-state index is 13.3. The van der Waals surface area contributed by atoms with Gasteiger partial charge in [0, 0.05) is 5.54 Å². The van der Waals surface area contributed by atoms with E-state index < -0.39 is 17.5 Å². The molecule has 1 N–H and O–H groups in total. The van der Waals surface area contributed by atoms with Gasteiger partial charge in [0.25, 0.3) is 0 Å². The fourth-order valence-corrected chi connectivity index (χ4v) is 1.50. The largest absolute Gasteiger partial charge is 0.312 e. The average molecular weight is 245 g/mol. The van der Waals surface area contributed by atoms with E-state index in [4.69, 9.17) is 0 Å². The Morgan fingerprint density at radius 1 is 1.06 bits per heavy atom. The zero-order chi connectivity index (χ0) is 13.1. The quantitative estimate of drug-likeness (QED) is 0.633. The van der Waals surface area contributed by atoms with Crippen molar-refractivity contribution in [3.05, 3.63) is 35.1 Å². The third kappa shape index (κ3) is 4.38. The minimum atomic E-state index is -1.38. The topological polar surface area (TPSA) is 12.0 Å². The number of hydrogen-bond acceptors (Lipinski definition) is 1. The second-order valence-electron chi connectivity index (χ2n) is 5.11. The lowest BCUT2D eigenvalue weighted by atomic mass is 10.1. The number of benzene rings is 1. The van der Waals surface area contributed by atoms with Crippen molar-refractivity contribution in [2.24, 2.45) is 0 Å². The van der Waals surface area contributed by atoms with Crippen molar-refractivity contribution in [3.63, 3.8) is 0 Å². The predicted octanol–water partition coefficient (Wildman–Crippen LogP) is 3.42. The lowest BCUT2D eigenvalue weighted by Crippen LogP contribution is -2.36. The van der Waals surface area contributed by atoms with Crippen LogP contribution in [-0.4, -0.2) is 12.1 Å². The summed E-state index contributed by atoms with van der Waals surface area (Å²) in [5.41, 5.74) is 0.228. The fraction of sp³-hybridized carbons (Fsp3) is 0.538. The van der Waals surface area contributed by atoms with Gasteiger partial charge in [-0.05, 0) is 51.8 Å². The molecule has 0 saturated heterocycles. The number of halogens is 3. The molecular weight excluding hydrogens is 227 g/mol. The summed E-state index contributed by atoms with van der Waals surface area (Å²) in [6, 6.07) is 2.26. The normalized spacial score (nSPS) is 11.9. The number of aryl methyl sites for hydroxylation is 1. The zero-order valence-electron chi connectivity index (χ0n) is 10.4. The first-order valence-electron chi connectivity index (χ1n) is 5.68. The molecule has 0 spiro atoms. The molecule has 0 fully saturated rings. The summed E-state index contributed by atoms with van der Waals surface area (Å²) in [4.78, 5) is 0. The average Bonchev–Trinajstić information content (AvgIpc) is 2.22. The van der Waals surface area contributed by atoms with E-state index in [1.165, 1.54) is 6.07 Å². The molecule has 0 bridgehead atoms. The van der Waals surface area contributed by atoms with Gasteiger partial charge in [0.2, 0.25) is 0 Å². The lowest BCUT2D eigenvalue weighted by Gasteiger charge is -2.20. The minimum Gasteiger partial charge on any atom is -0.312 e. The molecule has 0 unspecified atom stereocenters. The molecule has 1 nitrogen and oxygen atoms in total. The first kappa shape index (κ1) is 14.0. The molecule has 1 aromatic carbocycles. The second kappa shape index (κ2) is 5.54. The van der Waals surface area contributed by atoms with E-state index in [0.29, 0.717) is 19.4 Å². The Hall–Kier alpha value is -1.03. The zero-order valence-corrected chi connectivity index (χ0v) is 10.4. The second-order valence-corrected chi connectivity index (χ2v) is 5.11. The summed E-state index contributed by atoms with van der Waals surface area (Å²) in [6.45, 7) is 6.81. The van der Waals surface area contributed by atoms with E-state index in [9.17, 15) is 13.2 Å². The fourth-order valence-electron chi connectivity index (χ4n) is 1.50. The highest BCUT2D eigenvalue weighted by Gasteiger charge is 2.13. The molecule has 0 saturated carbocycles. The monoisotopic (exact) mass is 245 g/mol. The summed E-state index contributed by atoms with van der Waals surface area (Å²) in [5.74, 6) is -3.59. The van der Waals surface area contributed by atoms with E-state index in [0.717, 1.165) is 6.07 Å². The lowest BCUT2D eigenvalue weighted by molar-refractivity contribution is 0.417. The molecule has 4 heteroatoms. The van der Waals surface area contributed by atoms with Gasteiger partial charge in [-0.2, -0.15) is 0 Å². The molecule has 0 atom stereocenters. The molecular formula is C13H18F3N. The number of hydrogen-bond donors (Lipinski definition) is 1. The smallest absolute Gasteiger partial charge is 0.194 e. The third-order valence-electron chi connectivity index (χ3n) is 2.39. The van der Waals surface area contributed by atoms with Crippen molar-refractivity contribution in [1.82, 2.24) is 5.32 Å². The molecule has 17 heavy (non-hydrogen) atoms. The van der Waals surface area contributed by atoms with Crippen LogP contribution in [0.4, 0.5) is 13.2 Å². The Bertz CT molecular complexity index is 383. The summed E-state index contributed by atoms with van der Waals surface area (Å²) in [6.07, 6.45) is 1.07. The third-order valence-corrected chi connectivity index (χ3v) is 2.39. The van der Waals surface area contributed by atoms with Crippen molar-refractivity contribution in [3.8, 4) is 0 Å². The molecule has 0 aliphatic rings. The Kier molecular flexibility index (Phi) is 4.57. The summed E-state index contributed by atoms with van der Waals surface area (Å²) in [5, 5.41) is 3.25.